The van der Waals surface area contributed by atoms with Gasteiger partial charge in [-0.25, -0.2) is 0 Å². The third-order valence-electron chi connectivity index (χ3n) is 2.69. The van der Waals surface area contributed by atoms with Crippen LogP contribution >= 0.6 is 0 Å². The molecule has 0 amide bonds. The van der Waals surface area contributed by atoms with E-state index in [0.29, 0.717) is 6.61 Å². The highest BCUT2D eigenvalue weighted by atomic mass is 16.5. The Kier molecular flexibility index (Phi) is 3.45. The summed E-state index contributed by atoms with van der Waals surface area (Å²) in [5.41, 5.74) is 0. The van der Waals surface area contributed by atoms with Gasteiger partial charge in [-0.3, -0.25) is 4.90 Å². The molecule has 0 aliphatic carbocycles. The minimum absolute atomic E-state index is 0.258. The molecule has 0 atom stereocenters. The van der Waals surface area contributed by atoms with E-state index in [1.165, 1.54) is 25.9 Å². The van der Waals surface area contributed by atoms with Gasteiger partial charge in [0.05, 0.1) is 0 Å². The fraction of sp³-hybridized carbons (Fsp3) is 0.500. The molecule has 0 aromatic heterocycles. The summed E-state index contributed by atoms with van der Waals surface area (Å²) in [6.45, 7) is 4.08. The Hall–Kier alpha value is -1.22. The van der Waals surface area contributed by atoms with Crippen LogP contribution in [0.2, 0.25) is 0 Å². The first-order valence-electron chi connectivity index (χ1n) is 5.49. The average molecular weight is 207 g/mol. The maximum absolute atomic E-state index is 9.23. The predicted octanol–water partition coefficient (Wildman–Crippen LogP) is 1.87. The van der Waals surface area contributed by atoms with Gasteiger partial charge in [-0.05, 0) is 38.1 Å². The van der Waals surface area contributed by atoms with Crippen LogP contribution in [0, 0.1) is 0 Å². The van der Waals surface area contributed by atoms with Crippen molar-refractivity contribution in [2.75, 3.05) is 26.2 Å². The lowest BCUT2D eigenvalue weighted by atomic mass is 10.3. The highest BCUT2D eigenvalue weighted by Crippen LogP contribution is 2.17. The third-order valence-corrected chi connectivity index (χ3v) is 2.69. The number of phenolic OH excluding ortho intramolecular Hbond substituents is 1. The average Bonchev–Trinajstić information content (AvgIpc) is 2.71. The van der Waals surface area contributed by atoms with Gasteiger partial charge in [-0.2, -0.15) is 0 Å². The van der Waals surface area contributed by atoms with E-state index >= 15 is 0 Å². The molecule has 3 nitrogen and oxygen atoms in total. The molecule has 15 heavy (non-hydrogen) atoms. The molecule has 1 saturated heterocycles. The minimum Gasteiger partial charge on any atom is -0.508 e. The Morgan fingerprint density at radius 2 is 2.07 bits per heavy atom. The number of nitrogens with zero attached hydrogens (tertiary/aromatic N) is 1. The van der Waals surface area contributed by atoms with Crippen molar-refractivity contribution in [3.05, 3.63) is 24.3 Å². The Labute approximate surface area is 90.3 Å². The van der Waals surface area contributed by atoms with Crippen LogP contribution in [0.4, 0.5) is 0 Å². The summed E-state index contributed by atoms with van der Waals surface area (Å²) in [5.74, 6) is 1.00. The molecule has 1 fully saturated rings. The fourth-order valence-electron chi connectivity index (χ4n) is 1.87. The summed E-state index contributed by atoms with van der Waals surface area (Å²) in [7, 11) is 0. The van der Waals surface area contributed by atoms with Gasteiger partial charge >= 0.3 is 0 Å². The molecule has 0 radical (unpaired) electrons. The second kappa shape index (κ2) is 5.03. The van der Waals surface area contributed by atoms with Gasteiger partial charge in [0.25, 0.3) is 0 Å². The van der Waals surface area contributed by atoms with Crippen LogP contribution in [-0.4, -0.2) is 36.2 Å². The van der Waals surface area contributed by atoms with E-state index in [4.69, 9.17) is 4.74 Å². The standard InChI is InChI=1S/C12H17NO2/c14-11-4-3-5-12(10-11)15-9-8-13-6-1-2-7-13/h3-5,10,14H,1-2,6-9H2. The van der Waals surface area contributed by atoms with Crippen LogP contribution in [-0.2, 0) is 0 Å². The quantitative estimate of drug-likeness (QED) is 0.818. The normalized spacial score (nSPS) is 16.8. The fourth-order valence-corrected chi connectivity index (χ4v) is 1.87. The van der Waals surface area contributed by atoms with Gasteiger partial charge < -0.3 is 9.84 Å². The van der Waals surface area contributed by atoms with Gasteiger partial charge in [0.15, 0.2) is 0 Å². The molecule has 82 valence electrons. The van der Waals surface area contributed by atoms with Crippen molar-refractivity contribution in [3.63, 3.8) is 0 Å². The van der Waals surface area contributed by atoms with Crippen LogP contribution in [0.5, 0.6) is 11.5 Å². The molecule has 0 spiro atoms. The van der Waals surface area contributed by atoms with E-state index in [9.17, 15) is 5.11 Å². The largest absolute Gasteiger partial charge is 0.508 e. The number of rotatable bonds is 4. The number of likely N-dealkylation sites (tertiary alicyclic amines) is 1. The first kappa shape index (κ1) is 10.3. The van der Waals surface area contributed by atoms with Crippen molar-refractivity contribution < 1.29 is 9.84 Å². The Morgan fingerprint density at radius 1 is 1.27 bits per heavy atom. The molecule has 1 aromatic rings. The van der Waals surface area contributed by atoms with E-state index in [2.05, 4.69) is 4.90 Å². The monoisotopic (exact) mass is 207 g/mol. The van der Waals surface area contributed by atoms with Crippen molar-refractivity contribution in [2.45, 2.75) is 12.8 Å². The summed E-state index contributed by atoms with van der Waals surface area (Å²) in [5, 5.41) is 9.23. The molecule has 1 N–H and O–H groups in total. The van der Waals surface area contributed by atoms with Crippen LogP contribution in [0.25, 0.3) is 0 Å². The van der Waals surface area contributed by atoms with Gasteiger partial charge in [0.1, 0.15) is 18.1 Å². The molecule has 2 rings (SSSR count). The molecular formula is C12H17NO2. The molecule has 0 bridgehead atoms. The van der Waals surface area contributed by atoms with Crippen LogP contribution in [0.1, 0.15) is 12.8 Å². The van der Waals surface area contributed by atoms with Gasteiger partial charge in [0.2, 0.25) is 0 Å². The number of hydrogen-bond donors (Lipinski definition) is 1. The van der Waals surface area contributed by atoms with Crippen molar-refractivity contribution in [3.8, 4) is 11.5 Å². The van der Waals surface area contributed by atoms with Crippen molar-refractivity contribution in [1.82, 2.24) is 4.90 Å². The molecule has 0 saturated carbocycles. The lowest BCUT2D eigenvalue weighted by Crippen LogP contribution is -2.25. The SMILES string of the molecule is Oc1cccc(OCCN2CCCC2)c1. The number of hydrogen-bond acceptors (Lipinski definition) is 3. The van der Waals surface area contributed by atoms with Crippen molar-refractivity contribution in [1.29, 1.82) is 0 Å². The molecule has 1 aliphatic heterocycles. The summed E-state index contributed by atoms with van der Waals surface area (Å²) in [6.07, 6.45) is 2.62. The van der Waals surface area contributed by atoms with E-state index in [1.807, 2.05) is 6.07 Å². The Morgan fingerprint density at radius 3 is 2.80 bits per heavy atom. The number of benzene rings is 1. The molecule has 1 aromatic carbocycles. The highest BCUT2D eigenvalue weighted by molar-refractivity contribution is 5.31. The van der Waals surface area contributed by atoms with Crippen LogP contribution in [0.3, 0.4) is 0 Å². The summed E-state index contributed by atoms with van der Waals surface area (Å²) in [6, 6.07) is 6.95. The second-order valence-corrected chi connectivity index (χ2v) is 3.89. The Bertz CT molecular complexity index is 308. The van der Waals surface area contributed by atoms with E-state index < -0.39 is 0 Å². The van der Waals surface area contributed by atoms with Gasteiger partial charge in [-0.15, -0.1) is 0 Å². The van der Waals surface area contributed by atoms with Gasteiger partial charge in [-0.1, -0.05) is 6.07 Å². The molecule has 3 heteroatoms. The molecule has 1 heterocycles. The van der Waals surface area contributed by atoms with Crippen molar-refractivity contribution in [2.24, 2.45) is 0 Å². The zero-order chi connectivity index (χ0) is 10.5. The second-order valence-electron chi connectivity index (χ2n) is 3.89. The van der Waals surface area contributed by atoms with Crippen LogP contribution < -0.4 is 4.74 Å². The molecule has 1 aliphatic rings. The number of ether oxygens (including phenoxy) is 1. The zero-order valence-corrected chi connectivity index (χ0v) is 8.85. The van der Waals surface area contributed by atoms with E-state index in [-0.39, 0.29) is 5.75 Å². The minimum atomic E-state index is 0.258. The summed E-state index contributed by atoms with van der Waals surface area (Å²) < 4.78 is 5.55. The van der Waals surface area contributed by atoms with Crippen LogP contribution in [0.15, 0.2) is 24.3 Å². The smallest absolute Gasteiger partial charge is 0.123 e. The zero-order valence-electron chi connectivity index (χ0n) is 8.85. The number of aromatic hydroxyl groups is 1. The van der Waals surface area contributed by atoms with E-state index in [1.54, 1.807) is 18.2 Å². The number of phenols is 1. The predicted molar refractivity (Wildman–Crippen MR) is 59.3 cm³/mol. The molecule has 0 unspecified atom stereocenters. The maximum atomic E-state index is 9.23. The summed E-state index contributed by atoms with van der Waals surface area (Å²) in [4.78, 5) is 2.41. The Balaban J connectivity index is 1.73. The molecular weight excluding hydrogens is 190 g/mol. The highest BCUT2D eigenvalue weighted by Gasteiger charge is 2.10. The lowest BCUT2D eigenvalue weighted by Gasteiger charge is -2.14. The first-order valence-corrected chi connectivity index (χ1v) is 5.49. The van der Waals surface area contributed by atoms with Gasteiger partial charge in [0, 0.05) is 12.6 Å². The summed E-state index contributed by atoms with van der Waals surface area (Å²) >= 11 is 0. The lowest BCUT2D eigenvalue weighted by molar-refractivity contribution is 0.237. The first-order chi connectivity index (χ1) is 7.34. The maximum Gasteiger partial charge on any atom is 0.123 e. The van der Waals surface area contributed by atoms with E-state index in [0.717, 1.165) is 12.3 Å². The third kappa shape index (κ3) is 3.13. The topological polar surface area (TPSA) is 32.7 Å². The van der Waals surface area contributed by atoms with Crippen molar-refractivity contribution >= 4 is 0 Å².